The molecule has 1 aliphatic rings. The van der Waals surface area contributed by atoms with Gasteiger partial charge in [-0.05, 0) is 18.2 Å². The molecule has 4 nitrogen and oxygen atoms in total. The standard InChI is InChI=1S/C17H14N2O2.Al.2H/c20-16-14-11-7-2-1-3-8-12-15(14)18-17(19-16)21-13-9-5-4-6-10-13;;;/h1-11H,12H2,(H,18,19,20);;;/q;+1;;/p-1/b2-1-,8-3-,11-7-;;;. The van der Waals surface area contributed by atoms with Crippen LogP contribution in [0.15, 0.2) is 65.5 Å². The second-order valence-corrected chi connectivity index (χ2v) is 5.80. The molecule has 0 aliphatic heterocycles. The number of nitrogens with zero attached hydrogens (tertiary/aromatic N) is 2. The zero-order chi connectivity index (χ0) is 15.4. The van der Waals surface area contributed by atoms with Gasteiger partial charge in [-0.1, -0.05) is 48.6 Å². The molecule has 0 fully saturated rings. The van der Waals surface area contributed by atoms with E-state index in [1.165, 1.54) is 0 Å². The lowest BCUT2D eigenvalue weighted by Crippen LogP contribution is -2.25. The zero-order valence-corrected chi connectivity index (χ0v) is 14.3. The Morgan fingerprint density at radius 1 is 1.09 bits per heavy atom. The normalized spacial score (nSPS) is 17.5. The number of hydrogen-bond acceptors (Lipinski definition) is 3. The van der Waals surface area contributed by atoms with Crippen LogP contribution in [0.25, 0.3) is 6.08 Å². The first kappa shape index (κ1) is 14.6. The van der Waals surface area contributed by atoms with Gasteiger partial charge in [-0.3, -0.25) is 4.79 Å². The third-order valence-electron chi connectivity index (χ3n) is 3.36. The third-order valence-corrected chi connectivity index (χ3v) is 4.15. The fourth-order valence-electron chi connectivity index (χ4n) is 2.19. The smallest absolute Gasteiger partial charge is 0.383 e. The predicted molar refractivity (Wildman–Crippen MR) is 90.0 cm³/mol. The summed E-state index contributed by atoms with van der Waals surface area (Å²) < 4.78 is 7.35. The molecule has 22 heavy (non-hydrogen) atoms. The van der Waals surface area contributed by atoms with Crippen LogP contribution >= 0.6 is 0 Å². The molecular weight excluding hydrogens is 291 g/mol. The second-order valence-electron chi connectivity index (χ2n) is 4.91. The first-order chi connectivity index (χ1) is 10.8. The molecule has 0 saturated carbocycles. The van der Waals surface area contributed by atoms with Crippen molar-refractivity contribution in [2.75, 3.05) is 0 Å². The van der Waals surface area contributed by atoms with E-state index >= 15 is 0 Å². The van der Waals surface area contributed by atoms with E-state index in [1.807, 2.05) is 66.8 Å². The van der Waals surface area contributed by atoms with Crippen molar-refractivity contribution >= 4 is 22.6 Å². The fourth-order valence-corrected chi connectivity index (χ4v) is 2.62. The highest BCUT2D eigenvalue weighted by Crippen LogP contribution is 2.19. The van der Waals surface area contributed by atoms with Crippen LogP contribution in [0.3, 0.4) is 0 Å². The average molecular weight is 306 g/mol. The van der Waals surface area contributed by atoms with Gasteiger partial charge in [-0.2, -0.15) is 0 Å². The number of hydrogen-bond donors (Lipinski definition) is 0. The van der Waals surface area contributed by atoms with Crippen molar-refractivity contribution in [3.05, 3.63) is 82.3 Å². The van der Waals surface area contributed by atoms with Gasteiger partial charge in [0.25, 0.3) is 6.01 Å². The monoisotopic (exact) mass is 306 g/mol. The molecule has 1 heterocycles. The number of ether oxygens (including phenoxy) is 1. The maximum Gasteiger partial charge on any atom is 0.383 e. The summed E-state index contributed by atoms with van der Waals surface area (Å²) in [5.74, 6) is 0.676. The Balaban J connectivity index is 2.07. The van der Waals surface area contributed by atoms with Gasteiger partial charge >= 0.3 is 16.5 Å². The van der Waals surface area contributed by atoms with Crippen LogP contribution in [0, 0.1) is 0 Å². The molecule has 0 amide bonds. The van der Waals surface area contributed by atoms with Gasteiger partial charge in [-0.15, -0.1) is 0 Å². The molecule has 2 aromatic rings. The van der Waals surface area contributed by atoms with Gasteiger partial charge in [0, 0.05) is 6.42 Å². The molecule has 0 spiro atoms. The van der Waals surface area contributed by atoms with Crippen LogP contribution in [0.4, 0.5) is 0 Å². The minimum atomic E-state index is -0.0532. The van der Waals surface area contributed by atoms with Gasteiger partial charge in [0.1, 0.15) is 5.75 Å². The first-order valence-corrected chi connectivity index (χ1v) is 7.98. The Bertz CT molecular complexity index is 821. The van der Waals surface area contributed by atoms with Gasteiger partial charge in [-0.25, -0.2) is 4.98 Å². The third kappa shape index (κ3) is 3.11. The quantitative estimate of drug-likeness (QED) is 0.798. The number of aromatic nitrogens is 2. The molecular formula is C17H15AlN2O2. The molecule has 0 atom stereocenters. The molecule has 108 valence electrons. The Hall–Kier alpha value is -2.35. The van der Waals surface area contributed by atoms with E-state index in [-0.39, 0.29) is 5.56 Å². The highest BCUT2D eigenvalue weighted by molar-refractivity contribution is 6.07. The minimum absolute atomic E-state index is 0.0532. The molecule has 1 aliphatic carbocycles. The minimum Gasteiger partial charge on any atom is -0.427 e. The number of benzene rings is 1. The highest BCUT2D eigenvalue weighted by Gasteiger charge is 2.13. The van der Waals surface area contributed by atoms with Gasteiger partial charge in [0.2, 0.25) is 5.56 Å². The molecule has 0 bridgehead atoms. The number of para-hydroxylation sites is 1. The number of rotatable bonds is 2. The maximum atomic E-state index is 12.6. The van der Waals surface area contributed by atoms with E-state index in [0.29, 0.717) is 40.3 Å². The largest absolute Gasteiger partial charge is 0.427 e. The predicted octanol–water partition coefficient (Wildman–Crippen LogP) is 2.11. The van der Waals surface area contributed by atoms with Crippen LogP contribution < -0.4 is 10.3 Å². The second kappa shape index (κ2) is 6.61. The van der Waals surface area contributed by atoms with Crippen molar-refractivity contribution in [1.29, 1.82) is 0 Å². The van der Waals surface area contributed by atoms with E-state index in [2.05, 4.69) is 4.98 Å². The van der Waals surface area contributed by atoms with Crippen LogP contribution in [0.1, 0.15) is 11.3 Å². The lowest BCUT2D eigenvalue weighted by molar-refractivity contribution is 0.430. The van der Waals surface area contributed by atoms with Crippen molar-refractivity contribution in [3.8, 4) is 11.8 Å². The summed E-state index contributed by atoms with van der Waals surface area (Å²) in [5.41, 5.74) is 1.31. The summed E-state index contributed by atoms with van der Waals surface area (Å²) in [7, 11) is 0. The zero-order valence-electron chi connectivity index (χ0n) is 12.3. The summed E-state index contributed by atoms with van der Waals surface area (Å²) in [4.78, 5) is 17.1. The molecule has 1 aromatic heterocycles. The fraction of sp³-hybridized carbons (Fsp3) is 0.0588. The Labute approximate surface area is 136 Å². The Kier molecular flexibility index (Phi) is 4.38. The lowest BCUT2D eigenvalue weighted by Gasteiger charge is -2.13. The van der Waals surface area contributed by atoms with Crippen molar-refractivity contribution in [1.82, 2.24) is 8.53 Å². The number of allylic oxidation sites excluding steroid dienone is 5. The molecule has 1 aromatic carbocycles. The van der Waals surface area contributed by atoms with Crippen LogP contribution in [-0.2, 0) is 6.42 Å². The highest BCUT2D eigenvalue weighted by atomic mass is 27.1. The van der Waals surface area contributed by atoms with Gasteiger partial charge in [0.15, 0.2) is 0 Å². The summed E-state index contributed by atoms with van der Waals surface area (Å²) in [6.45, 7) is 0. The van der Waals surface area contributed by atoms with Gasteiger partial charge in [0.05, 0.1) is 11.3 Å². The van der Waals surface area contributed by atoms with Crippen molar-refractivity contribution in [3.63, 3.8) is 0 Å². The molecule has 0 saturated heterocycles. The summed E-state index contributed by atoms with van der Waals surface area (Å²) in [6.07, 6.45) is 12.0. The van der Waals surface area contributed by atoms with Crippen LogP contribution in [-0.4, -0.2) is 25.0 Å². The topological polar surface area (TPSA) is 44.1 Å². The molecule has 5 heteroatoms. The summed E-state index contributed by atoms with van der Waals surface area (Å²) in [6, 6.07) is 9.74. The van der Waals surface area contributed by atoms with Crippen molar-refractivity contribution < 1.29 is 4.74 Å². The summed E-state index contributed by atoms with van der Waals surface area (Å²) >= 11 is 0.510. The van der Waals surface area contributed by atoms with E-state index in [0.717, 1.165) is 5.69 Å². The molecule has 3 rings (SSSR count). The molecule has 0 unspecified atom stereocenters. The Morgan fingerprint density at radius 3 is 2.68 bits per heavy atom. The Morgan fingerprint density at radius 2 is 1.86 bits per heavy atom. The van der Waals surface area contributed by atoms with Gasteiger partial charge < -0.3 is 8.29 Å². The van der Waals surface area contributed by atoms with Crippen molar-refractivity contribution in [2.24, 2.45) is 0 Å². The van der Waals surface area contributed by atoms with E-state index in [9.17, 15) is 4.79 Å². The van der Waals surface area contributed by atoms with E-state index < -0.39 is 0 Å². The summed E-state index contributed by atoms with van der Waals surface area (Å²) in [5, 5.41) is 0. The average Bonchev–Trinajstić information content (AvgIpc) is 2.65. The van der Waals surface area contributed by atoms with Crippen molar-refractivity contribution in [2.45, 2.75) is 6.42 Å². The number of fused-ring (bicyclic) bond motifs is 1. The van der Waals surface area contributed by atoms with E-state index in [4.69, 9.17) is 4.74 Å². The molecule has 0 radical (unpaired) electrons. The van der Waals surface area contributed by atoms with Crippen LogP contribution in [0.2, 0.25) is 0 Å². The maximum absolute atomic E-state index is 12.6. The SMILES string of the molecule is O=c1c2c(nc(Oc3ccccc3)[n]1[AlH2])C\C=C/C=C\C=C/2. The van der Waals surface area contributed by atoms with E-state index in [1.54, 1.807) is 3.55 Å². The first-order valence-electron chi connectivity index (χ1n) is 7.08. The van der Waals surface area contributed by atoms with Crippen LogP contribution in [0.5, 0.6) is 11.8 Å². The molecule has 0 N–H and O–H groups in total. The lowest BCUT2D eigenvalue weighted by atomic mass is 10.1.